The van der Waals surface area contributed by atoms with Gasteiger partial charge in [0.05, 0.1) is 12.0 Å². The molecule has 126 valence electrons. The number of hydrogen-bond acceptors (Lipinski definition) is 3. The van der Waals surface area contributed by atoms with Crippen molar-refractivity contribution in [3.63, 3.8) is 0 Å². The molecule has 1 aliphatic carbocycles. The summed E-state index contributed by atoms with van der Waals surface area (Å²) in [6.07, 6.45) is 13.0. The minimum Gasteiger partial charge on any atom is -0.426 e. The van der Waals surface area contributed by atoms with Crippen LogP contribution in [0.3, 0.4) is 0 Å². The van der Waals surface area contributed by atoms with E-state index in [-0.39, 0.29) is 17.7 Å². The Morgan fingerprint density at radius 3 is 2.58 bits per heavy atom. The lowest BCUT2D eigenvalue weighted by Gasteiger charge is -2.26. The lowest BCUT2D eigenvalue weighted by atomic mass is 9.80. The third-order valence-corrected chi connectivity index (χ3v) is 4.37. The predicted octanol–water partition coefficient (Wildman–Crippen LogP) is 4.95. The van der Waals surface area contributed by atoms with Crippen LogP contribution in [-0.2, 0) is 4.79 Å². The molecule has 0 bridgehead atoms. The molecule has 0 radical (unpaired) electrons. The lowest BCUT2D eigenvalue weighted by molar-refractivity contribution is -0.140. The Kier molecular flexibility index (Phi) is 7.22. The zero-order valence-corrected chi connectivity index (χ0v) is 13.7. The predicted molar refractivity (Wildman–Crippen MR) is 90.6 cm³/mol. The highest BCUT2D eigenvalue weighted by atomic mass is 19.1. The van der Waals surface area contributed by atoms with Crippen molar-refractivity contribution in [3.05, 3.63) is 54.4 Å². The van der Waals surface area contributed by atoms with Gasteiger partial charge in [-0.05, 0) is 68.7 Å². The Bertz CT molecular complexity index is 620. The fourth-order valence-corrected chi connectivity index (χ4v) is 2.99. The topological polar surface area (TPSA) is 50.1 Å². The van der Waals surface area contributed by atoms with E-state index in [9.17, 15) is 9.18 Å². The van der Waals surface area contributed by atoms with Crippen LogP contribution in [-0.4, -0.2) is 5.97 Å². The van der Waals surface area contributed by atoms with E-state index in [1.807, 2.05) is 12.1 Å². The number of nitriles is 1. The molecule has 0 N–H and O–H groups in total. The first-order chi connectivity index (χ1) is 11.7. The van der Waals surface area contributed by atoms with E-state index < -0.39 is 0 Å². The number of nitrogens with zero attached hydrogens (tertiary/aromatic N) is 1. The number of ether oxygens (including phenoxy) is 1. The van der Waals surface area contributed by atoms with Gasteiger partial charge in [-0.15, -0.1) is 0 Å². The van der Waals surface area contributed by atoms with Crippen molar-refractivity contribution in [1.29, 1.82) is 5.26 Å². The van der Waals surface area contributed by atoms with E-state index in [4.69, 9.17) is 10.00 Å². The van der Waals surface area contributed by atoms with Gasteiger partial charge in [0.1, 0.15) is 11.6 Å². The summed E-state index contributed by atoms with van der Waals surface area (Å²) in [5.74, 6) is 0.443. The van der Waals surface area contributed by atoms with E-state index in [0.717, 1.165) is 38.5 Å². The number of rotatable bonds is 6. The normalized spacial score (nSPS) is 21.0. The molecular weight excluding hydrogens is 305 g/mol. The standard InChI is InChI=1S/C20H22FNO2/c21-18-11-13-19(14-12-18)24-20(23)17-9-7-16(8-10-17)6-4-2-1-3-5-15-22/h1-3,5,11-14,16-17H,4,6-10H2. The summed E-state index contributed by atoms with van der Waals surface area (Å²) in [7, 11) is 0. The molecule has 0 saturated heterocycles. The summed E-state index contributed by atoms with van der Waals surface area (Å²) >= 11 is 0. The summed E-state index contributed by atoms with van der Waals surface area (Å²) in [5.41, 5.74) is 0. The van der Waals surface area contributed by atoms with Crippen molar-refractivity contribution < 1.29 is 13.9 Å². The Morgan fingerprint density at radius 1 is 1.21 bits per heavy atom. The van der Waals surface area contributed by atoms with Gasteiger partial charge in [0.25, 0.3) is 0 Å². The number of carbonyl (C=O) groups excluding carboxylic acids is 1. The fraction of sp³-hybridized carbons (Fsp3) is 0.400. The first kappa shape index (κ1) is 17.9. The summed E-state index contributed by atoms with van der Waals surface area (Å²) in [4.78, 5) is 12.2. The van der Waals surface area contributed by atoms with Crippen LogP contribution in [0.2, 0.25) is 0 Å². The monoisotopic (exact) mass is 327 g/mol. The maximum Gasteiger partial charge on any atom is 0.314 e. The van der Waals surface area contributed by atoms with Crippen molar-refractivity contribution >= 4 is 5.97 Å². The van der Waals surface area contributed by atoms with E-state index >= 15 is 0 Å². The van der Waals surface area contributed by atoms with Crippen LogP contribution in [0.25, 0.3) is 0 Å². The van der Waals surface area contributed by atoms with Gasteiger partial charge < -0.3 is 4.74 Å². The fourth-order valence-electron chi connectivity index (χ4n) is 2.99. The number of carbonyl (C=O) groups is 1. The van der Waals surface area contributed by atoms with Crippen molar-refractivity contribution in [2.75, 3.05) is 0 Å². The van der Waals surface area contributed by atoms with Crippen molar-refractivity contribution in [2.24, 2.45) is 11.8 Å². The van der Waals surface area contributed by atoms with Crippen LogP contribution < -0.4 is 4.74 Å². The first-order valence-corrected chi connectivity index (χ1v) is 8.37. The quantitative estimate of drug-likeness (QED) is 0.321. The van der Waals surface area contributed by atoms with Crippen molar-refractivity contribution in [1.82, 2.24) is 0 Å². The molecule has 1 aliphatic rings. The highest BCUT2D eigenvalue weighted by molar-refractivity contribution is 5.75. The summed E-state index contributed by atoms with van der Waals surface area (Å²) in [6.45, 7) is 0. The lowest BCUT2D eigenvalue weighted by Crippen LogP contribution is -2.25. The molecule has 24 heavy (non-hydrogen) atoms. The van der Waals surface area contributed by atoms with Gasteiger partial charge >= 0.3 is 5.97 Å². The Hall–Kier alpha value is -2.41. The van der Waals surface area contributed by atoms with Gasteiger partial charge in [0.2, 0.25) is 0 Å². The Morgan fingerprint density at radius 2 is 1.92 bits per heavy atom. The molecule has 0 unspecified atom stereocenters. The number of allylic oxidation sites excluding steroid dienone is 4. The second kappa shape index (κ2) is 9.67. The zero-order valence-electron chi connectivity index (χ0n) is 13.7. The SMILES string of the molecule is N#CC=CC=CCCC1CCC(C(=O)Oc2ccc(F)cc2)CC1. The van der Waals surface area contributed by atoms with Crippen LogP contribution in [0.15, 0.2) is 48.6 Å². The third-order valence-electron chi connectivity index (χ3n) is 4.37. The largest absolute Gasteiger partial charge is 0.426 e. The van der Waals surface area contributed by atoms with Crippen molar-refractivity contribution in [3.8, 4) is 11.8 Å². The molecule has 0 aliphatic heterocycles. The molecule has 0 spiro atoms. The molecule has 0 atom stereocenters. The smallest absolute Gasteiger partial charge is 0.314 e. The molecule has 0 aromatic heterocycles. The third kappa shape index (κ3) is 6.00. The maximum absolute atomic E-state index is 12.8. The molecule has 1 fully saturated rings. The molecule has 0 heterocycles. The minimum absolute atomic E-state index is 0.0552. The number of halogens is 1. The Labute approximate surface area is 142 Å². The van der Waals surface area contributed by atoms with Crippen LogP contribution >= 0.6 is 0 Å². The van der Waals surface area contributed by atoms with E-state index in [0.29, 0.717) is 11.7 Å². The molecule has 3 nitrogen and oxygen atoms in total. The van der Waals surface area contributed by atoms with Crippen LogP contribution in [0.1, 0.15) is 38.5 Å². The molecule has 4 heteroatoms. The van der Waals surface area contributed by atoms with E-state index in [2.05, 4.69) is 6.08 Å². The van der Waals surface area contributed by atoms with Gasteiger partial charge in [0, 0.05) is 6.08 Å². The number of hydrogen-bond donors (Lipinski definition) is 0. The number of benzene rings is 1. The second-order valence-corrected chi connectivity index (χ2v) is 6.09. The minimum atomic E-state index is -0.340. The van der Waals surface area contributed by atoms with Gasteiger partial charge in [0.15, 0.2) is 0 Å². The summed E-state index contributed by atoms with van der Waals surface area (Å²) < 4.78 is 18.2. The average molecular weight is 327 g/mol. The van der Waals surface area contributed by atoms with Crippen molar-refractivity contribution in [2.45, 2.75) is 38.5 Å². The average Bonchev–Trinajstić information content (AvgIpc) is 2.60. The van der Waals surface area contributed by atoms with Gasteiger partial charge in [-0.25, -0.2) is 4.39 Å². The van der Waals surface area contributed by atoms with E-state index in [1.165, 1.54) is 30.3 Å². The van der Waals surface area contributed by atoms with Gasteiger partial charge in [-0.2, -0.15) is 5.26 Å². The van der Waals surface area contributed by atoms with E-state index in [1.54, 1.807) is 6.08 Å². The maximum atomic E-state index is 12.8. The molecule has 1 saturated carbocycles. The highest BCUT2D eigenvalue weighted by Crippen LogP contribution is 2.32. The first-order valence-electron chi connectivity index (χ1n) is 8.37. The highest BCUT2D eigenvalue weighted by Gasteiger charge is 2.27. The Balaban J connectivity index is 1.69. The molecule has 1 aromatic carbocycles. The summed E-state index contributed by atoms with van der Waals surface area (Å²) in [5, 5.41) is 8.38. The second-order valence-electron chi connectivity index (χ2n) is 6.09. The zero-order chi connectivity index (χ0) is 17.2. The molecule has 2 rings (SSSR count). The molecule has 1 aromatic rings. The van der Waals surface area contributed by atoms with Gasteiger partial charge in [-0.3, -0.25) is 4.79 Å². The molecular formula is C20H22FNO2. The summed E-state index contributed by atoms with van der Waals surface area (Å²) in [6, 6.07) is 7.49. The molecule has 0 amide bonds. The van der Waals surface area contributed by atoms with Crippen LogP contribution in [0.5, 0.6) is 5.75 Å². The van der Waals surface area contributed by atoms with Crippen LogP contribution in [0, 0.1) is 29.0 Å². The number of esters is 1. The van der Waals surface area contributed by atoms with Gasteiger partial charge in [-0.1, -0.05) is 18.2 Å². The van der Waals surface area contributed by atoms with Crippen LogP contribution in [0.4, 0.5) is 4.39 Å².